The van der Waals surface area contributed by atoms with Gasteiger partial charge < -0.3 is 4.74 Å². The van der Waals surface area contributed by atoms with E-state index in [-0.39, 0.29) is 5.41 Å². The first-order chi connectivity index (χ1) is 15.5. The molecule has 2 heterocycles. The van der Waals surface area contributed by atoms with Crippen LogP contribution in [-0.2, 0) is 19.9 Å². The van der Waals surface area contributed by atoms with Gasteiger partial charge in [0.2, 0.25) is 5.52 Å². The molecule has 5 rings (SSSR count). The highest BCUT2D eigenvalue weighted by Crippen LogP contribution is 2.48. The Bertz CT molecular complexity index is 1420. The van der Waals surface area contributed by atoms with Gasteiger partial charge in [-0.05, 0) is 77.8 Å². The summed E-state index contributed by atoms with van der Waals surface area (Å²) in [7, 11) is 2.18. The van der Waals surface area contributed by atoms with E-state index < -0.39 is 0 Å². The minimum Gasteiger partial charge on any atom is -0.450 e. The van der Waals surface area contributed by atoms with E-state index in [2.05, 4.69) is 103 Å². The van der Waals surface area contributed by atoms with E-state index in [1.165, 1.54) is 55.2 Å². The molecule has 0 spiro atoms. The first-order valence-corrected chi connectivity index (χ1v) is 12.2. The molecule has 1 aromatic heterocycles. The maximum atomic E-state index is 6.69. The normalized spacial score (nSPS) is 13.0. The molecule has 0 aliphatic carbocycles. The Morgan fingerprint density at radius 2 is 1.61 bits per heavy atom. The van der Waals surface area contributed by atoms with E-state index in [0.29, 0.717) is 5.92 Å². The summed E-state index contributed by atoms with van der Waals surface area (Å²) in [5.74, 6) is 2.60. The maximum absolute atomic E-state index is 6.69. The van der Waals surface area contributed by atoms with Crippen LogP contribution in [0, 0.1) is 25.2 Å². The number of fused-ring (bicyclic) bond motifs is 3. The predicted molar refractivity (Wildman–Crippen MR) is 139 cm³/mol. The molecule has 3 aromatic carbocycles. The minimum atomic E-state index is 0.227. The fraction of sp³-hybridized carbons (Fsp3) is 0.387. The number of nitrogens with zero attached hydrogens (tertiary/aromatic N) is 1. The lowest BCUT2D eigenvalue weighted by molar-refractivity contribution is -0.633. The molecule has 170 valence electrons. The van der Waals surface area contributed by atoms with Crippen molar-refractivity contribution < 1.29 is 9.30 Å². The van der Waals surface area contributed by atoms with Crippen LogP contribution in [0.1, 0.15) is 56.9 Å². The zero-order valence-electron chi connectivity index (χ0n) is 21.4. The maximum Gasteiger partial charge on any atom is 0.256 e. The Morgan fingerprint density at radius 3 is 2.30 bits per heavy atom. The van der Waals surface area contributed by atoms with E-state index in [1.807, 2.05) is 0 Å². The molecule has 0 saturated carbocycles. The molecular weight excluding hydrogens is 402 g/mol. The second-order valence-corrected chi connectivity index (χ2v) is 11.6. The van der Waals surface area contributed by atoms with Gasteiger partial charge in [-0.15, -0.1) is 0 Å². The Labute approximate surface area is 198 Å². The summed E-state index contributed by atoms with van der Waals surface area (Å²) in [5.41, 5.74) is 9.36. The second kappa shape index (κ2) is 7.58. The van der Waals surface area contributed by atoms with Crippen molar-refractivity contribution in [2.75, 3.05) is 0 Å². The number of aromatic nitrogens is 1. The predicted octanol–water partition coefficient (Wildman–Crippen LogP) is 7.99. The molecule has 2 heteroatoms. The van der Waals surface area contributed by atoms with E-state index >= 15 is 0 Å². The second-order valence-electron chi connectivity index (χ2n) is 11.6. The van der Waals surface area contributed by atoms with Crippen molar-refractivity contribution in [1.82, 2.24) is 0 Å². The van der Waals surface area contributed by atoms with Gasteiger partial charge in [-0.25, -0.2) is 0 Å². The summed E-state index contributed by atoms with van der Waals surface area (Å²) in [6, 6.07) is 16.1. The number of hydrogen-bond donors (Lipinski definition) is 0. The van der Waals surface area contributed by atoms with Crippen LogP contribution in [0.3, 0.4) is 0 Å². The highest BCUT2D eigenvalue weighted by atomic mass is 16.5. The molecule has 1 aliphatic heterocycles. The van der Waals surface area contributed by atoms with Gasteiger partial charge in [-0.3, -0.25) is 0 Å². The van der Waals surface area contributed by atoms with E-state index in [0.717, 1.165) is 24.3 Å². The number of aryl methyl sites for hydroxylation is 2. The van der Waals surface area contributed by atoms with Crippen molar-refractivity contribution >= 4 is 21.7 Å². The van der Waals surface area contributed by atoms with Crippen molar-refractivity contribution in [3.8, 4) is 22.8 Å². The summed E-state index contributed by atoms with van der Waals surface area (Å²) in [6.07, 6.45) is 2.12. The van der Waals surface area contributed by atoms with Gasteiger partial charge in [-0.2, -0.15) is 4.57 Å². The Morgan fingerprint density at radius 1 is 0.879 bits per heavy atom. The summed E-state index contributed by atoms with van der Waals surface area (Å²) < 4.78 is 9.02. The average Bonchev–Trinajstić information content (AvgIpc) is 2.69. The third-order valence-corrected chi connectivity index (χ3v) is 6.92. The van der Waals surface area contributed by atoms with Crippen LogP contribution in [0.4, 0.5) is 0 Å². The smallest absolute Gasteiger partial charge is 0.256 e. The third-order valence-electron chi connectivity index (χ3n) is 6.92. The van der Waals surface area contributed by atoms with Gasteiger partial charge in [0.25, 0.3) is 5.69 Å². The molecule has 33 heavy (non-hydrogen) atoms. The van der Waals surface area contributed by atoms with Crippen LogP contribution in [0.25, 0.3) is 32.9 Å². The number of benzene rings is 3. The lowest BCUT2D eigenvalue weighted by atomic mass is 9.85. The molecule has 0 bridgehead atoms. The van der Waals surface area contributed by atoms with Gasteiger partial charge in [0.05, 0.1) is 10.9 Å². The Hall–Kier alpha value is -2.87. The topological polar surface area (TPSA) is 13.1 Å². The SMILES string of the molecule is Cc1cc2cc(CC(C)(C)C)cc3c2c(c1C)-c1c(cc2cc(CC(C)C)ccc2[n+]1C)O3. The van der Waals surface area contributed by atoms with Gasteiger partial charge in [0.1, 0.15) is 12.8 Å². The average molecular weight is 439 g/mol. The standard InChI is InChI=1S/C31H36NO/c1-18(2)11-21-9-10-25-23(13-21)16-27-30(32(25)8)28-20(4)19(3)12-24-14-22(17-31(5,6)7)15-26(33-27)29(24)28/h9-10,12-16,18H,11,17H2,1-8H3/q+1. The van der Waals surface area contributed by atoms with E-state index in [4.69, 9.17) is 4.74 Å². The molecule has 4 aromatic rings. The highest BCUT2D eigenvalue weighted by molar-refractivity contribution is 6.05. The van der Waals surface area contributed by atoms with Crippen LogP contribution >= 0.6 is 0 Å². The zero-order valence-corrected chi connectivity index (χ0v) is 21.4. The van der Waals surface area contributed by atoms with E-state index in [1.54, 1.807) is 0 Å². The Balaban J connectivity index is 1.79. The van der Waals surface area contributed by atoms with Crippen LogP contribution in [0.15, 0.2) is 42.5 Å². The van der Waals surface area contributed by atoms with Gasteiger partial charge >= 0.3 is 0 Å². The fourth-order valence-electron chi connectivity index (χ4n) is 5.50. The van der Waals surface area contributed by atoms with Crippen molar-refractivity contribution in [2.45, 2.75) is 61.3 Å². The van der Waals surface area contributed by atoms with Crippen LogP contribution in [0.2, 0.25) is 0 Å². The molecule has 0 radical (unpaired) electrons. The van der Waals surface area contributed by atoms with Gasteiger partial charge in [0, 0.05) is 17.5 Å². The largest absolute Gasteiger partial charge is 0.450 e. The van der Waals surface area contributed by atoms with Crippen molar-refractivity contribution in [3.05, 3.63) is 64.7 Å². The first-order valence-electron chi connectivity index (χ1n) is 12.2. The number of ether oxygens (including phenoxy) is 1. The van der Waals surface area contributed by atoms with E-state index in [9.17, 15) is 0 Å². The highest BCUT2D eigenvalue weighted by Gasteiger charge is 2.32. The van der Waals surface area contributed by atoms with Crippen molar-refractivity contribution in [2.24, 2.45) is 18.4 Å². The monoisotopic (exact) mass is 438 g/mol. The lowest BCUT2D eigenvalue weighted by Crippen LogP contribution is -2.33. The third kappa shape index (κ3) is 3.80. The van der Waals surface area contributed by atoms with Crippen molar-refractivity contribution in [3.63, 3.8) is 0 Å². The van der Waals surface area contributed by atoms with Crippen molar-refractivity contribution in [1.29, 1.82) is 0 Å². The molecule has 0 N–H and O–H groups in total. The number of hydrogen-bond acceptors (Lipinski definition) is 1. The van der Waals surface area contributed by atoms with Crippen LogP contribution < -0.4 is 9.30 Å². The quantitative estimate of drug-likeness (QED) is 0.260. The molecular formula is C31H36NO+. The fourth-order valence-corrected chi connectivity index (χ4v) is 5.50. The summed E-state index contributed by atoms with van der Waals surface area (Å²) >= 11 is 0. The molecule has 2 nitrogen and oxygen atoms in total. The summed E-state index contributed by atoms with van der Waals surface area (Å²) in [6.45, 7) is 15.9. The molecule has 0 fully saturated rings. The molecule has 0 saturated heterocycles. The Kier molecular flexibility index (Phi) is 5.04. The molecule has 0 atom stereocenters. The first kappa shape index (κ1) is 21.9. The lowest BCUT2D eigenvalue weighted by Gasteiger charge is -2.25. The van der Waals surface area contributed by atoms with Crippen LogP contribution in [0.5, 0.6) is 11.5 Å². The number of rotatable bonds is 3. The van der Waals surface area contributed by atoms with Crippen LogP contribution in [-0.4, -0.2) is 0 Å². The molecule has 0 unspecified atom stereocenters. The molecule has 0 amide bonds. The summed E-state index contributed by atoms with van der Waals surface area (Å²) in [4.78, 5) is 0. The molecule has 1 aliphatic rings. The van der Waals surface area contributed by atoms with Gasteiger partial charge in [0.15, 0.2) is 5.75 Å². The summed E-state index contributed by atoms with van der Waals surface area (Å²) in [5, 5.41) is 3.77. The zero-order chi connectivity index (χ0) is 23.7. The van der Waals surface area contributed by atoms with Gasteiger partial charge in [-0.1, -0.05) is 52.8 Å². The number of pyridine rings is 1. The minimum absolute atomic E-state index is 0.227.